The highest BCUT2D eigenvalue weighted by Crippen LogP contribution is 2.30. The third-order valence-corrected chi connectivity index (χ3v) is 3.64. The van der Waals surface area contributed by atoms with Gasteiger partial charge in [0, 0.05) is 29.4 Å². The van der Waals surface area contributed by atoms with E-state index < -0.39 is 0 Å². The Morgan fingerprint density at radius 2 is 1.82 bits per heavy atom. The second-order valence-corrected chi connectivity index (χ2v) is 5.11. The Bertz CT molecular complexity index is 517. The Balaban J connectivity index is 2.16. The van der Waals surface area contributed by atoms with Crippen LogP contribution in [0.3, 0.4) is 0 Å². The summed E-state index contributed by atoms with van der Waals surface area (Å²) in [5.74, 6) is 0. The van der Waals surface area contributed by atoms with Gasteiger partial charge in [-0.3, -0.25) is 0 Å². The molecule has 3 nitrogen and oxygen atoms in total. The van der Waals surface area contributed by atoms with Crippen molar-refractivity contribution < 1.29 is 0 Å². The summed E-state index contributed by atoms with van der Waals surface area (Å²) in [6.45, 7) is 0.442. The van der Waals surface area contributed by atoms with E-state index in [1.165, 1.54) is 11.8 Å². The van der Waals surface area contributed by atoms with E-state index in [-0.39, 0.29) is 0 Å². The molecule has 2 rings (SSSR count). The summed E-state index contributed by atoms with van der Waals surface area (Å²) in [6.07, 6.45) is 3.43. The van der Waals surface area contributed by atoms with Crippen LogP contribution in [0.1, 0.15) is 5.56 Å². The van der Waals surface area contributed by atoms with Gasteiger partial charge < -0.3 is 5.73 Å². The fourth-order valence-corrected chi connectivity index (χ4v) is 2.24. The van der Waals surface area contributed by atoms with Crippen molar-refractivity contribution in [2.24, 2.45) is 5.73 Å². The Morgan fingerprint density at radius 3 is 2.41 bits per heavy atom. The maximum Gasteiger partial charge on any atom is 0.192 e. The largest absolute Gasteiger partial charge is 0.326 e. The van der Waals surface area contributed by atoms with E-state index in [9.17, 15) is 0 Å². The number of nitrogens with zero attached hydrogens (tertiary/aromatic N) is 2. The van der Waals surface area contributed by atoms with Crippen LogP contribution in [-0.2, 0) is 6.54 Å². The molecule has 0 radical (unpaired) electrons. The molecule has 17 heavy (non-hydrogen) atoms. The first kappa shape index (κ1) is 12.6. The number of nitrogens with two attached hydrogens (primary N) is 1. The van der Waals surface area contributed by atoms with Gasteiger partial charge in [-0.05, 0) is 30.0 Å². The molecule has 0 spiro atoms. The number of benzene rings is 1. The summed E-state index contributed by atoms with van der Waals surface area (Å²) in [6, 6.07) is 5.41. The average molecular weight is 286 g/mol. The first-order chi connectivity index (χ1) is 8.19. The molecule has 1 aromatic heterocycles. The summed E-state index contributed by atoms with van der Waals surface area (Å²) in [7, 11) is 0. The highest BCUT2D eigenvalue weighted by atomic mass is 35.5. The Morgan fingerprint density at radius 1 is 1.12 bits per heavy atom. The standard InChI is InChI=1S/C11H9Cl2N3S/c12-9-2-1-8(3-10(9)13)17-11-15-5-7(4-14)6-16-11/h1-3,5-6H,4,14H2. The molecule has 2 N–H and O–H groups in total. The van der Waals surface area contributed by atoms with Gasteiger partial charge in [-0.15, -0.1) is 0 Å². The molecule has 0 unspecified atom stereocenters. The summed E-state index contributed by atoms with van der Waals surface area (Å²) in [4.78, 5) is 9.33. The van der Waals surface area contributed by atoms with Crippen LogP contribution in [0.15, 0.2) is 40.6 Å². The van der Waals surface area contributed by atoms with E-state index in [1.807, 2.05) is 6.07 Å². The minimum absolute atomic E-state index is 0.442. The van der Waals surface area contributed by atoms with Crippen molar-refractivity contribution in [1.82, 2.24) is 9.97 Å². The second kappa shape index (κ2) is 5.69. The molecule has 0 atom stereocenters. The molecule has 0 aliphatic carbocycles. The molecule has 0 aliphatic rings. The van der Waals surface area contributed by atoms with Gasteiger partial charge in [-0.2, -0.15) is 0 Å². The molecule has 6 heteroatoms. The Hall–Kier alpha value is -0.810. The zero-order chi connectivity index (χ0) is 12.3. The number of rotatable bonds is 3. The Labute approximate surface area is 113 Å². The minimum Gasteiger partial charge on any atom is -0.326 e. The van der Waals surface area contributed by atoms with Crippen molar-refractivity contribution in [3.8, 4) is 0 Å². The van der Waals surface area contributed by atoms with Gasteiger partial charge in [0.2, 0.25) is 0 Å². The molecule has 0 saturated heterocycles. The number of hydrogen-bond donors (Lipinski definition) is 1. The summed E-state index contributed by atoms with van der Waals surface area (Å²) >= 11 is 13.2. The van der Waals surface area contributed by atoms with E-state index in [1.54, 1.807) is 24.5 Å². The lowest BCUT2D eigenvalue weighted by Gasteiger charge is -2.02. The van der Waals surface area contributed by atoms with Crippen LogP contribution in [0.2, 0.25) is 10.0 Å². The molecular weight excluding hydrogens is 277 g/mol. The molecule has 88 valence electrons. The minimum atomic E-state index is 0.442. The Kier molecular flexibility index (Phi) is 4.23. The van der Waals surface area contributed by atoms with Crippen LogP contribution in [0, 0.1) is 0 Å². The highest BCUT2D eigenvalue weighted by Gasteiger charge is 2.03. The zero-order valence-corrected chi connectivity index (χ0v) is 11.1. The summed E-state index contributed by atoms with van der Waals surface area (Å²) in [5, 5.41) is 1.71. The molecule has 0 aliphatic heterocycles. The summed E-state index contributed by atoms with van der Waals surface area (Å²) < 4.78 is 0. The second-order valence-electron chi connectivity index (χ2n) is 3.26. The van der Waals surface area contributed by atoms with Gasteiger partial charge in [-0.1, -0.05) is 23.2 Å². The van der Waals surface area contributed by atoms with E-state index in [0.29, 0.717) is 21.7 Å². The molecule has 1 heterocycles. The van der Waals surface area contributed by atoms with Crippen LogP contribution in [0.5, 0.6) is 0 Å². The van der Waals surface area contributed by atoms with E-state index in [0.717, 1.165) is 10.5 Å². The lowest BCUT2D eigenvalue weighted by atomic mass is 10.4. The van der Waals surface area contributed by atoms with E-state index >= 15 is 0 Å². The maximum absolute atomic E-state index is 5.93. The average Bonchev–Trinajstić information content (AvgIpc) is 2.35. The van der Waals surface area contributed by atoms with Crippen molar-refractivity contribution in [3.05, 3.63) is 46.2 Å². The quantitative estimate of drug-likeness (QED) is 0.879. The van der Waals surface area contributed by atoms with Crippen molar-refractivity contribution in [1.29, 1.82) is 0 Å². The van der Waals surface area contributed by atoms with E-state index in [4.69, 9.17) is 28.9 Å². The van der Waals surface area contributed by atoms with Gasteiger partial charge in [-0.25, -0.2) is 9.97 Å². The van der Waals surface area contributed by atoms with Crippen LogP contribution >= 0.6 is 35.0 Å². The fourth-order valence-electron chi connectivity index (χ4n) is 1.15. The first-order valence-corrected chi connectivity index (χ1v) is 6.40. The molecule has 0 saturated carbocycles. The van der Waals surface area contributed by atoms with Crippen LogP contribution in [0.25, 0.3) is 0 Å². The van der Waals surface area contributed by atoms with E-state index in [2.05, 4.69) is 9.97 Å². The number of halogens is 2. The third kappa shape index (κ3) is 3.33. The zero-order valence-electron chi connectivity index (χ0n) is 8.73. The first-order valence-electron chi connectivity index (χ1n) is 4.83. The smallest absolute Gasteiger partial charge is 0.192 e. The van der Waals surface area contributed by atoms with Gasteiger partial charge in [0.15, 0.2) is 5.16 Å². The van der Waals surface area contributed by atoms with Crippen molar-refractivity contribution in [2.75, 3.05) is 0 Å². The molecule has 2 aromatic rings. The fraction of sp³-hybridized carbons (Fsp3) is 0.0909. The lowest BCUT2D eigenvalue weighted by Crippen LogP contribution is -1.98. The normalized spacial score (nSPS) is 10.5. The SMILES string of the molecule is NCc1cnc(Sc2ccc(Cl)c(Cl)c2)nc1. The highest BCUT2D eigenvalue weighted by molar-refractivity contribution is 7.99. The predicted molar refractivity (Wildman–Crippen MR) is 70.5 cm³/mol. The van der Waals surface area contributed by atoms with Gasteiger partial charge >= 0.3 is 0 Å². The molecular formula is C11H9Cl2N3S. The third-order valence-electron chi connectivity index (χ3n) is 2.02. The number of hydrogen-bond acceptors (Lipinski definition) is 4. The lowest BCUT2D eigenvalue weighted by molar-refractivity contribution is 0.914. The molecule has 1 aromatic carbocycles. The van der Waals surface area contributed by atoms with Crippen molar-refractivity contribution >= 4 is 35.0 Å². The molecule has 0 bridgehead atoms. The summed E-state index contributed by atoms with van der Waals surface area (Å²) in [5.41, 5.74) is 6.38. The van der Waals surface area contributed by atoms with Crippen LogP contribution in [-0.4, -0.2) is 9.97 Å². The van der Waals surface area contributed by atoms with Crippen molar-refractivity contribution in [2.45, 2.75) is 16.6 Å². The number of aromatic nitrogens is 2. The van der Waals surface area contributed by atoms with Crippen molar-refractivity contribution in [3.63, 3.8) is 0 Å². The molecule has 0 fully saturated rings. The topological polar surface area (TPSA) is 51.8 Å². The predicted octanol–water partition coefficient (Wildman–Crippen LogP) is 3.39. The van der Waals surface area contributed by atoms with Crippen LogP contribution < -0.4 is 5.73 Å². The molecule has 0 amide bonds. The van der Waals surface area contributed by atoms with Gasteiger partial charge in [0.25, 0.3) is 0 Å². The maximum atomic E-state index is 5.93. The van der Waals surface area contributed by atoms with Gasteiger partial charge in [0.05, 0.1) is 10.0 Å². The van der Waals surface area contributed by atoms with Crippen LogP contribution in [0.4, 0.5) is 0 Å². The monoisotopic (exact) mass is 285 g/mol. The van der Waals surface area contributed by atoms with Gasteiger partial charge in [0.1, 0.15) is 0 Å².